The van der Waals surface area contributed by atoms with E-state index in [4.69, 9.17) is 5.73 Å². The summed E-state index contributed by atoms with van der Waals surface area (Å²) in [5.41, 5.74) is 6.98. The monoisotopic (exact) mass is 341 g/mol. The Bertz CT molecular complexity index is 737. The first-order chi connectivity index (χ1) is 11.9. The van der Waals surface area contributed by atoms with Gasteiger partial charge in [0, 0.05) is 13.6 Å². The van der Waals surface area contributed by atoms with Gasteiger partial charge in [0.25, 0.3) is 0 Å². The van der Waals surface area contributed by atoms with Crippen molar-refractivity contribution in [2.45, 2.75) is 26.3 Å². The predicted molar refractivity (Wildman–Crippen MR) is 101 cm³/mol. The fraction of sp³-hybridized carbons (Fsp3) is 0.400. The van der Waals surface area contributed by atoms with E-state index >= 15 is 0 Å². The predicted octanol–water partition coefficient (Wildman–Crippen LogP) is 1.94. The minimum Gasteiger partial charge on any atom is -0.346 e. The topological polar surface area (TPSA) is 75.4 Å². The maximum Gasteiger partial charge on any atom is 0.241 e. The lowest BCUT2D eigenvalue weighted by Gasteiger charge is -2.20. The normalized spacial score (nSPS) is 12.2. The maximum absolute atomic E-state index is 12.2. The van der Waals surface area contributed by atoms with Gasteiger partial charge < -0.3 is 16.0 Å². The Morgan fingerprint density at radius 3 is 2.52 bits per heavy atom. The molecule has 0 saturated heterocycles. The van der Waals surface area contributed by atoms with Crippen molar-refractivity contribution in [1.82, 2.24) is 10.2 Å². The molecule has 0 aromatic heterocycles. The van der Waals surface area contributed by atoms with Gasteiger partial charge >= 0.3 is 0 Å². The summed E-state index contributed by atoms with van der Waals surface area (Å²) in [7, 11) is 1.75. The zero-order valence-electron chi connectivity index (χ0n) is 15.2. The Hall–Kier alpha value is -2.40. The van der Waals surface area contributed by atoms with Crippen LogP contribution < -0.4 is 11.1 Å². The third-order valence-corrected chi connectivity index (χ3v) is 4.46. The highest BCUT2D eigenvalue weighted by atomic mass is 16.2. The summed E-state index contributed by atoms with van der Waals surface area (Å²) in [6.07, 6.45) is 0.767. The van der Waals surface area contributed by atoms with Gasteiger partial charge in [-0.15, -0.1) is 0 Å². The van der Waals surface area contributed by atoms with Crippen molar-refractivity contribution >= 4 is 22.6 Å². The number of likely N-dealkylation sites (N-methyl/N-ethyl adjacent to an activating group) is 1. The van der Waals surface area contributed by atoms with Gasteiger partial charge in [0.05, 0.1) is 12.6 Å². The molecular weight excluding hydrogens is 314 g/mol. The largest absolute Gasteiger partial charge is 0.346 e. The van der Waals surface area contributed by atoms with Crippen LogP contribution in [0.25, 0.3) is 10.8 Å². The minimum atomic E-state index is -0.589. The molecule has 0 aliphatic rings. The van der Waals surface area contributed by atoms with Crippen LogP contribution in [0.1, 0.15) is 19.4 Å². The summed E-state index contributed by atoms with van der Waals surface area (Å²) in [6, 6.07) is 13.8. The molecule has 2 aromatic carbocycles. The smallest absolute Gasteiger partial charge is 0.241 e. The molecule has 2 rings (SSSR count). The second-order valence-corrected chi connectivity index (χ2v) is 6.69. The first kappa shape index (κ1) is 18.9. The van der Waals surface area contributed by atoms with Crippen molar-refractivity contribution in [3.8, 4) is 0 Å². The van der Waals surface area contributed by atoms with Gasteiger partial charge in [-0.3, -0.25) is 9.59 Å². The molecule has 0 heterocycles. The molecule has 0 aliphatic heterocycles. The average molecular weight is 341 g/mol. The van der Waals surface area contributed by atoms with Gasteiger partial charge in [-0.2, -0.15) is 0 Å². The number of rotatable bonds is 7. The number of hydrogen-bond donors (Lipinski definition) is 2. The van der Waals surface area contributed by atoms with Crippen molar-refractivity contribution in [2.75, 3.05) is 20.1 Å². The average Bonchev–Trinajstić information content (AvgIpc) is 2.62. The molecule has 1 atom stereocenters. The van der Waals surface area contributed by atoms with Crippen LogP contribution >= 0.6 is 0 Å². The molecule has 134 valence electrons. The number of benzene rings is 2. The number of carbonyl (C=O) groups is 2. The van der Waals surface area contributed by atoms with E-state index in [1.807, 2.05) is 32.0 Å². The Balaban J connectivity index is 1.88. The zero-order valence-corrected chi connectivity index (χ0v) is 15.2. The summed E-state index contributed by atoms with van der Waals surface area (Å²) in [5.74, 6) is -0.366. The SMILES string of the molecule is CC(C)[C@H](N)C(=O)NCC(=O)N(C)CCc1cccc2ccccc12. The number of amides is 2. The third-order valence-electron chi connectivity index (χ3n) is 4.46. The molecule has 0 radical (unpaired) electrons. The number of nitrogens with two attached hydrogens (primary N) is 1. The highest BCUT2D eigenvalue weighted by Gasteiger charge is 2.18. The number of carbonyl (C=O) groups excluding carboxylic acids is 2. The molecule has 2 aromatic rings. The Morgan fingerprint density at radius 2 is 1.80 bits per heavy atom. The second kappa shape index (κ2) is 8.62. The molecule has 0 saturated carbocycles. The summed E-state index contributed by atoms with van der Waals surface area (Å²) >= 11 is 0. The fourth-order valence-electron chi connectivity index (χ4n) is 2.64. The Kier molecular flexibility index (Phi) is 6.53. The van der Waals surface area contributed by atoms with Gasteiger partial charge in [-0.05, 0) is 28.7 Å². The highest BCUT2D eigenvalue weighted by Crippen LogP contribution is 2.18. The maximum atomic E-state index is 12.2. The van der Waals surface area contributed by atoms with E-state index in [-0.39, 0.29) is 24.3 Å². The first-order valence-electron chi connectivity index (χ1n) is 8.64. The highest BCUT2D eigenvalue weighted by molar-refractivity contribution is 5.87. The van der Waals surface area contributed by atoms with Crippen LogP contribution in [0, 0.1) is 5.92 Å². The van der Waals surface area contributed by atoms with E-state index in [0.717, 1.165) is 6.42 Å². The number of hydrogen-bond acceptors (Lipinski definition) is 3. The Morgan fingerprint density at radius 1 is 1.12 bits per heavy atom. The number of nitrogens with zero attached hydrogens (tertiary/aromatic N) is 1. The summed E-state index contributed by atoms with van der Waals surface area (Å²) in [6.45, 7) is 4.33. The molecule has 0 aliphatic carbocycles. The molecule has 25 heavy (non-hydrogen) atoms. The van der Waals surface area contributed by atoms with E-state index in [2.05, 4.69) is 29.6 Å². The van der Waals surface area contributed by atoms with E-state index in [1.54, 1.807) is 11.9 Å². The van der Waals surface area contributed by atoms with Crippen molar-refractivity contribution < 1.29 is 9.59 Å². The Labute approximate surface area is 149 Å². The van der Waals surface area contributed by atoms with Crippen molar-refractivity contribution in [2.24, 2.45) is 11.7 Å². The summed E-state index contributed by atoms with van der Waals surface area (Å²) in [5, 5.41) is 5.03. The van der Waals surface area contributed by atoms with E-state index in [9.17, 15) is 9.59 Å². The second-order valence-electron chi connectivity index (χ2n) is 6.69. The van der Waals surface area contributed by atoms with Crippen molar-refractivity contribution in [1.29, 1.82) is 0 Å². The lowest BCUT2D eigenvalue weighted by molar-refractivity contribution is -0.132. The van der Waals surface area contributed by atoms with Crippen LogP contribution in [-0.4, -0.2) is 42.9 Å². The molecule has 3 N–H and O–H groups in total. The van der Waals surface area contributed by atoms with Crippen LogP contribution in [-0.2, 0) is 16.0 Å². The summed E-state index contributed by atoms with van der Waals surface area (Å²) < 4.78 is 0. The molecule has 0 fully saturated rings. The van der Waals surface area contributed by atoms with Gasteiger partial charge in [0.15, 0.2) is 0 Å². The van der Waals surface area contributed by atoms with Crippen LogP contribution in [0.2, 0.25) is 0 Å². The van der Waals surface area contributed by atoms with Gasteiger partial charge in [-0.1, -0.05) is 56.3 Å². The van der Waals surface area contributed by atoms with Gasteiger partial charge in [-0.25, -0.2) is 0 Å². The molecule has 0 unspecified atom stereocenters. The van der Waals surface area contributed by atoms with Crippen molar-refractivity contribution in [3.63, 3.8) is 0 Å². The van der Waals surface area contributed by atoms with E-state index in [1.165, 1.54) is 16.3 Å². The molecule has 2 amide bonds. The van der Waals surface area contributed by atoms with Crippen molar-refractivity contribution in [3.05, 3.63) is 48.0 Å². The number of fused-ring (bicyclic) bond motifs is 1. The lowest BCUT2D eigenvalue weighted by Crippen LogP contribution is -2.47. The first-order valence-corrected chi connectivity index (χ1v) is 8.64. The molecule has 0 spiro atoms. The quantitative estimate of drug-likeness (QED) is 0.808. The van der Waals surface area contributed by atoms with E-state index in [0.29, 0.717) is 6.54 Å². The third kappa shape index (κ3) is 5.03. The van der Waals surface area contributed by atoms with Crippen LogP contribution in [0.3, 0.4) is 0 Å². The zero-order chi connectivity index (χ0) is 18.4. The minimum absolute atomic E-state index is 0.0225. The van der Waals surface area contributed by atoms with E-state index < -0.39 is 6.04 Å². The number of nitrogens with one attached hydrogen (secondary N) is 1. The standard InChI is InChI=1S/C20H27N3O2/c1-14(2)19(21)20(25)22-13-18(24)23(3)12-11-16-9-6-8-15-7-4-5-10-17(15)16/h4-10,14,19H,11-13,21H2,1-3H3,(H,22,25)/t19-/m0/s1. The molecular formula is C20H27N3O2. The summed E-state index contributed by atoms with van der Waals surface area (Å²) in [4.78, 5) is 25.7. The van der Waals surface area contributed by atoms with Gasteiger partial charge in [0.2, 0.25) is 11.8 Å². The molecule has 5 heteroatoms. The van der Waals surface area contributed by atoms with Crippen LogP contribution in [0.15, 0.2) is 42.5 Å². The molecule has 5 nitrogen and oxygen atoms in total. The molecule has 0 bridgehead atoms. The van der Waals surface area contributed by atoms with Crippen LogP contribution in [0.4, 0.5) is 0 Å². The van der Waals surface area contributed by atoms with Gasteiger partial charge in [0.1, 0.15) is 0 Å². The fourth-order valence-corrected chi connectivity index (χ4v) is 2.64. The lowest BCUT2D eigenvalue weighted by atomic mass is 10.0. The van der Waals surface area contributed by atoms with Crippen LogP contribution in [0.5, 0.6) is 0 Å².